The minimum atomic E-state index is -0.563. The van der Waals surface area contributed by atoms with Crippen molar-refractivity contribution in [3.05, 3.63) is 35.6 Å². The number of benzene rings is 1. The number of carbonyl (C=O) groups excluding carboxylic acids is 2. The van der Waals surface area contributed by atoms with Crippen LogP contribution < -0.4 is 5.32 Å². The van der Waals surface area contributed by atoms with Gasteiger partial charge in [-0.25, -0.2) is 4.39 Å². The minimum absolute atomic E-state index is 0.283. The summed E-state index contributed by atoms with van der Waals surface area (Å²) < 4.78 is 12.8. The molecule has 0 saturated carbocycles. The molecule has 5 nitrogen and oxygen atoms in total. The van der Waals surface area contributed by atoms with Gasteiger partial charge in [-0.3, -0.25) is 9.59 Å². The number of amides is 2. The van der Waals surface area contributed by atoms with Crippen molar-refractivity contribution in [3.8, 4) is 0 Å². The number of piperazine rings is 1. The summed E-state index contributed by atoms with van der Waals surface area (Å²) >= 11 is 0. The Morgan fingerprint density at radius 1 is 1.14 bits per heavy atom. The van der Waals surface area contributed by atoms with E-state index in [0.29, 0.717) is 26.1 Å². The van der Waals surface area contributed by atoms with Gasteiger partial charge in [0.15, 0.2) is 0 Å². The van der Waals surface area contributed by atoms with E-state index in [9.17, 15) is 14.0 Å². The number of hydrogen-bond acceptors (Lipinski definition) is 3. The zero-order valence-electron chi connectivity index (χ0n) is 12.8. The molecule has 1 heterocycles. The van der Waals surface area contributed by atoms with E-state index in [-0.39, 0.29) is 5.82 Å². The highest BCUT2D eigenvalue weighted by atomic mass is 19.1. The van der Waals surface area contributed by atoms with Gasteiger partial charge in [-0.2, -0.15) is 0 Å². The lowest BCUT2D eigenvalue weighted by Gasteiger charge is -2.33. The Morgan fingerprint density at radius 2 is 1.77 bits per heavy atom. The second-order valence-electron chi connectivity index (χ2n) is 5.36. The van der Waals surface area contributed by atoms with Gasteiger partial charge in [0.05, 0.1) is 0 Å². The molecule has 0 atom stereocenters. The molecular formula is C16H22FN3O2. The highest BCUT2D eigenvalue weighted by molar-refractivity contribution is 6.35. The average molecular weight is 307 g/mol. The summed E-state index contributed by atoms with van der Waals surface area (Å²) in [5.41, 5.74) is 0.922. The van der Waals surface area contributed by atoms with E-state index in [0.717, 1.165) is 25.2 Å². The molecule has 2 amide bonds. The number of nitrogens with one attached hydrogen (secondary N) is 1. The van der Waals surface area contributed by atoms with Crippen molar-refractivity contribution in [1.29, 1.82) is 0 Å². The molecule has 0 bridgehead atoms. The van der Waals surface area contributed by atoms with Crippen LogP contribution in [0.5, 0.6) is 0 Å². The van der Waals surface area contributed by atoms with Crippen LogP contribution in [0.3, 0.4) is 0 Å². The van der Waals surface area contributed by atoms with Crippen molar-refractivity contribution < 1.29 is 14.0 Å². The molecule has 1 aromatic rings. The molecule has 120 valence electrons. The van der Waals surface area contributed by atoms with E-state index in [1.54, 1.807) is 17.0 Å². The van der Waals surface area contributed by atoms with Crippen molar-refractivity contribution in [2.75, 3.05) is 39.3 Å². The molecule has 1 fully saturated rings. The molecule has 0 aromatic heterocycles. The Balaban J connectivity index is 1.72. The third kappa shape index (κ3) is 4.53. The summed E-state index contributed by atoms with van der Waals surface area (Å²) in [5.74, 6) is -1.31. The van der Waals surface area contributed by atoms with Crippen LogP contribution in [0.15, 0.2) is 24.3 Å². The van der Waals surface area contributed by atoms with E-state index >= 15 is 0 Å². The van der Waals surface area contributed by atoms with Crippen LogP contribution in [-0.2, 0) is 16.0 Å². The Kier molecular flexibility index (Phi) is 5.89. The lowest BCUT2D eigenvalue weighted by atomic mass is 10.1. The second-order valence-corrected chi connectivity index (χ2v) is 5.36. The molecule has 1 saturated heterocycles. The second kappa shape index (κ2) is 7.89. The van der Waals surface area contributed by atoms with Gasteiger partial charge in [-0.05, 0) is 30.7 Å². The molecular weight excluding hydrogens is 285 g/mol. The molecule has 1 aliphatic heterocycles. The number of halogens is 1. The van der Waals surface area contributed by atoms with Crippen molar-refractivity contribution in [2.24, 2.45) is 0 Å². The third-order valence-electron chi connectivity index (χ3n) is 3.91. The summed E-state index contributed by atoms with van der Waals surface area (Å²) in [5, 5.41) is 2.63. The Hall–Kier alpha value is -1.95. The monoisotopic (exact) mass is 307 g/mol. The molecule has 1 aliphatic rings. The number of rotatable bonds is 4. The first-order valence-electron chi connectivity index (χ1n) is 7.64. The molecule has 0 spiro atoms. The van der Waals surface area contributed by atoms with E-state index in [1.807, 2.05) is 0 Å². The average Bonchev–Trinajstić information content (AvgIpc) is 2.56. The minimum Gasteiger partial charge on any atom is -0.347 e. The maximum atomic E-state index is 12.8. The number of carbonyl (C=O) groups is 2. The van der Waals surface area contributed by atoms with Crippen molar-refractivity contribution in [1.82, 2.24) is 15.1 Å². The molecule has 0 radical (unpaired) electrons. The predicted molar refractivity (Wildman–Crippen MR) is 81.8 cm³/mol. The van der Waals surface area contributed by atoms with Gasteiger partial charge in [0.25, 0.3) is 0 Å². The molecule has 0 unspecified atom stereocenters. The molecule has 22 heavy (non-hydrogen) atoms. The zero-order valence-corrected chi connectivity index (χ0v) is 12.8. The fraction of sp³-hybridized carbons (Fsp3) is 0.500. The topological polar surface area (TPSA) is 52.7 Å². The molecule has 6 heteroatoms. The first kappa shape index (κ1) is 16.4. The van der Waals surface area contributed by atoms with Gasteiger partial charge in [-0.1, -0.05) is 19.1 Å². The third-order valence-corrected chi connectivity index (χ3v) is 3.91. The zero-order chi connectivity index (χ0) is 15.9. The molecule has 0 aliphatic carbocycles. The van der Waals surface area contributed by atoms with Crippen LogP contribution in [0.1, 0.15) is 12.5 Å². The molecule has 1 N–H and O–H groups in total. The first-order chi connectivity index (χ1) is 10.6. The van der Waals surface area contributed by atoms with Gasteiger partial charge < -0.3 is 15.1 Å². The molecule has 1 aromatic carbocycles. The number of nitrogens with zero attached hydrogens (tertiary/aromatic N) is 2. The first-order valence-corrected chi connectivity index (χ1v) is 7.64. The Bertz CT molecular complexity index is 511. The fourth-order valence-corrected chi connectivity index (χ4v) is 2.46. The maximum absolute atomic E-state index is 12.8. The maximum Gasteiger partial charge on any atom is 0.311 e. The van der Waals surface area contributed by atoms with E-state index in [2.05, 4.69) is 17.1 Å². The predicted octanol–water partition coefficient (Wildman–Crippen LogP) is 0.648. The van der Waals surface area contributed by atoms with Crippen LogP contribution in [0.2, 0.25) is 0 Å². The largest absolute Gasteiger partial charge is 0.347 e. The summed E-state index contributed by atoms with van der Waals surface area (Å²) in [4.78, 5) is 27.7. The van der Waals surface area contributed by atoms with Crippen LogP contribution in [0, 0.1) is 5.82 Å². The highest BCUT2D eigenvalue weighted by Crippen LogP contribution is 2.04. The van der Waals surface area contributed by atoms with E-state index in [4.69, 9.17) is 0 Å². The van der Waals surface area contributed by atoms with Crippen LogP contribution >= 0.6 is 0 Å². The van der Waals surface area contributed by atoms with Crippen molar-refractivity contribution in [3.63, 3.8) is 0 Å². The van der Waals surface area contributed by atoms with Crippen molar-refractivity contribution in [2.45, 2.75) is 13.3 Å². The highest BCUT2D eigenvalue weighted by Gasteiger charge is 2.24. The van der Waals surface area contributed by atoms with Gasteiger partial charge in [0.1, 0.15) is 5.82 Å². The van der Waals surface area contributed by atoms with Gasteiger partial charge in [0, 0.05) is 32.7 Å². The van der Waals surface area contributed by atoms with Gasteiger partial charge >= 0.3 is 11.8 Å². The normalized spacial score (nSPS) is 15.6. The summed E-state index contributed by atoms with van der Waals surface area (Å²) in [6, 6.07) is 6.12. The Labute approximate surface area is 130 Å². The van der Waals surface area contributed by atoms with E-state index < -0.39 is 11.8 Å². The van der Waals surface area contributed by atoms with Crippen molar-refractivity contribution >= 4 is 11.8 Å². The van der Waals surface area contributed by atoms with Gasteiger partial charge in [-0.15, -0.1) is 0 Å². The smallest absolute Gasteiger partial charge is 0.311 e. The van der Waals surface area contributed by atoms with Crippen LogP contribution in [-0.4, -0.2) is 60.9 Å². The lowest BCUT2D eigenvalue weighted by Crippen LogP contribution is -2.52. The number of likely N-dealkylation sites (N-methyl/N-ethyl adjacent to an activating group) is 1. The SMILES string of the molecule is CCN1CCN(C(=O)C(=O)NCCc2ccc(F)cc2)CC1. The molecule has 2 rings (SSSR count). The summed E-state index contributed by atoms with van der Waals surface area (Å²) in [7, 11) is 0. The lowest BCUT2D eigenvalue weighted by molar-refractivity contribution is -0.146. The Morgan fingerprint density at radius 3 is 2.36 bits per heavy atom. The van der Waals surface area contributed by atoms with E-state index in [1.165, 1.54) is 12.1 Å². The van der Waals surface area contributed by atoms with Crippen LogP contribution in [0.25, 0.3) is 0 Å². The van der Waals surface area contributed by atoms with Gasteiger partial charge in [0.2, 0.25) is 0 Å². The standard InChI is InChI=1S/C16H22FN3O2/c1-2-19-9-11-20(12-10-19)16(22)15(21)18-8-7-13-3-5-14(17)6-4-13/h3-6H,2,7-12H2,1H3,(H,18,21). The number of hydrogen-bond donors (Lipinski definition) is 1. The quantitative estimate of drug-likeness (QED) is 0.831. The summed E-state index contributed by atoms with van der Waals surface area (Å²) in [6.45, 7) is 6.23. The summed E-state index contributed by atoms with van der Waals surface area (Å²) in [6.07, 6.45) is 0.572. The fourth-order valence-electron chi connectivity index (χ4n) is 2.46. The van der Waals surface area contributed by atoms with Crippen LogP contribution in [0.4, 0.5) is 4.39 Å².